The Morgan fingerprint density at radius 1 is 0.828 bits per heavy atom. The van der Waals surface area contributed by atoms with Crippen LogP contribution in [0.1, 0.15) is 60.4 Å². The monoisotopic (exact) mass is 414 g/mol. The van der Waals surface area contributed by atoms with E-state index in [1.807, 2.05) is 42.8 Å². The maximum atomic E-state index is 6.12. The molecule has 0 spiro atoms. The first-order valence-corrected chi connectivity index (χ1v) is 9.91. The van der Waals surface area contributed by atoms with E-state index in [2.05, 4.69) is 46.8 Å². The van der Waals surface area contributed by atoms with Gasteiger partial charge in [0.05, 0.1) is 6.04 Å². The second-order valence-corrected chi connectivity index (χ2v) is 7.47. The molecular weight excluding hydrogens is 388 g/mol. The highest BCUT2D eigenvalue weighted by molar-refractivity contribution is 6.30. The summed E-state index contributed by atoms with van der Waals surface area (Å²) in [6, 6.07) is 16.1. The summed E-state index contributed by atoms with van der Waals surface area (Å²) < 4.78 is 12.9. The minimum absolute atomic E-state index is 0.144. The third-order valence-corrected chi connectivity index (χ3v) is 5.27. The van der Waals surface area contributed by atoms with Crippen molar-refractivity contribution < 1.29 is 9.47 Å². The van der Waals surface area contributed by atoms with Gasteiger partial charge in [0.1, 0.15) is 12.2 Å². The van der Waals surface area contributed by atoms with Crippen LogP contribution in [0.2, 0.25) is 5.02 Å². The van der Waals surface area contributed by atoms with Gasteiger partial charge in [-0.15, -0.1) is 10.2 Å². The minimum Gasteiger partial charge on any atom is -0.374 e. The zero-order valence-corrected chi connectivity index (χ0v) is 18.1. The van der Waals surface area contributed by atoms with Crippen LogP contribution in [0.15, 0.2) is 48.5 Å². The Morgan fingerprint density at radius 3 is 1.72 bits per heavy atom. The molecule has 1 heterocycles. The van der Waals surface area contributed by atoms with Crippen molar-refractivity contribution in [2.24, 2.45) is 0 Å². The third kappa shape index (κ3) is 4.78. The van der Waals surface area contributed by atoms with Crippen LogP contribution in [0.5, 0.6) is 0 Å². The Labute approximate surface area is 176 Å². The summed E-state index contributed by atoms with van der Waals surface area (Å²) in [5, 5.41) is 9.40. The predicted octanol–water partition coefficient (Wildman–Crippen LogP) is 4.99. The van der Waals surface area contributed by atoms with Crippen molar-refractivity contribution in [1.82, 2.24) is 14.9 Å². The maximum Gasteiger partial charge on any atom is 0.180 e. The van der Waals surface area contributed by atoms with Gasteiger partial charge in [0.15, 0.2) is 11.6 Å². The van der Waals surface area contributed by atoms with Crippen molar-refractivity contribution in [3.63, 3.8) is 0 Å². The van der Waals surface area contributed by atoms with Crippen LogP contribution in [-0.2, 0) is 9.47 Å². The Morgan fingerprint density at radius 2 is 1.28 bits per heavy atom. The van der Waals surface area contributed by atoms with E-state index in [4.69, 9.17) is 21.1 Å². The largest absolute Gasteiger partial charge is 0.374 e. The molecule has 0 amide bonds. The van der Waals surface area contributed by atoms with Crippen molar-refractivity contribution in [2.45, 2.75) is 39.0 Å². The third-order valence-electron chi connectivity index (χ3n) is 5.02. The smallest absolute Gasteiger partial charge is 0.180 e. The number of benzene rings is 2. The van der Waals surface area contributed by atoms with Crippen molar-refractivity contribution in [3.8, 4) is 0 Å². The molecule has 0 saturated heterocycles. The van der Waals surface area contributed by atoms with Gasteiger partial charge in [0.2, 0.25) is 0 Å². The van der Waals surface area contributed by atoms with E-state index < -0.39 is 0 Å². The highest BCUT2D eigenvalue weighted by atomic mass is 35.5. The summed E-state index contributed by atoms with van der Waals surface area (Å²) in [5.74, 6) is 1.36. The van der Waals surface area contributed by atoms with Gasteiger partial charge in [-0.05, 0) is 44.0 Å². The highest BCUT2D eigenvalue weighted by Gasteiger charge is 2.24. The van der Waals surface area contributed by atoms with Gasteiger partial charge in [0, 0.05) is 19.2 Å². The van der Waals surface area contributed by atoms with Gasteiger partial charge in [-0.1, -0.05) is 53.6 Å². The SMILES string of the molecule is CO[C@@H](C)c1nnc([C@H](C)OC)n1N[C@@H](c1ccc(C)cc1)c1ccc(Cl)cc1. The molecule has 0 saturated carbocycles. The molecule has 0 unspecified atom stereocenters. The van der Waals surface area contributed by atoms with Crippen molar-refractivity contribution in [2.75, 3.05) is 19.6 Å². The van der Waals surface area contributed by atoms with Crippen LogP contribution in [0.3, 0.4) is 0 Å². The van der Waals surface area contributed by atoms with Gasteiger partial charge in [-0.2, -0.15) is 0 Å². The van der Waals surface area contributed by atoms with E-state index in [9.17, 15) is 0 Å². The lowest BCUT2D eigenvalue weighted by Crippen LogP contribution is -2.27. The lowest BCUT2D eigenvalue weighted by Gasteiger charge is -2.25. The molecule has 0 aliphatic carbocycles. The van der Waals surface area contributed by atoms with Crippen LogP contribution < -0.4 is 5.43 Å². The Balaban J connectivity index is 2.09. The first-order valence-electron chi connectivity index (χ1n) is 9.54. The van der Waals surface area contributed by atoms with Gasteiger partial charge < -0.3 is 14.9 Å². The van der Waals surface area contributed by atoms with Crippen LogP contribution >= 0.6 is 11.6 Å². The molecule has 1 aromatic heterocycles. The van der Waals surface area contributed by atoms with Crippen LogP contribution in [0.4, 0.5) is 0 Å². The molecule has 6 nitrogen and oxygen atoms in total. The lowest BCUT2D eigenvalue weighted by atomic mass is 9.98. The fraction of sp³-hybridized carbons (Fsp3) is 0.364. The van der Waals surface area contributed by atoms with Crippen LogP contribution in [-0.4, -0.2) is 29.1 Å². The van der Waals surface area contributed by atoms with Crippen molar-refractivity contribution >= 4 is 11.6 Å². The number of nitrogens with one attached hydrogen (secondary N) is 1. The molecule has 0 radical (unpaired) electrons. The molecule has 7 heteroatoms. The number of nitrogens with zero attached hydrogens (tertiary/aromatic N) is 3. The quantitative estimate of drug-likeness (QED) is 0.562. The fourth-order valence-corrected chi connectivity index (χ4v) is 3.19. The average molecular weight is 415 g/mol. The Hall–Kier alpha value is -2.41. The summed E-state index contributed by atoms with van der Waals surface area (Å²) in [6.45, 7) is 5.95. The van der Waals surface area contributed by atoms with E-state index in [-0.39, 0.29) is 18.2 Å². The number of hydrogen-bond donors (Lipinski definition) is 1. The summed E-state index contributed by atoms with van der Waals surface area (Å²) in [7, 11) is 3.31. The molecule has 3 rings (SSSR count). The molecule has 2 aromatic carbocycles. The van der Waals surface area contributed by atoms with Crippen LogP contribution in [0, 0.1) is 6.92 Å². The normalized spacial score (nSPS) is 14.4. The molecule has 0 bridgehead atoms. The number of halogens is 1. The van der Waals surface area contributed by atoms with Gasteiger partial charge in [-0.25, -0.2) is 4.68 Å². The number of ether oxygens (including phenoxy) is 2. The lowest BCUT2D eigenvalue weighted by molar-refractivity contribution is 0.101. The molecule has 154 valence electrons. The first kappa shape index (κ1) is 21.3. The maximum absolute atomic E-state index is 6.12. The van der Waals surface area contributed by atoms with Gasteiger partial charge in [0.25, 0.3) is 0 Å². The zero-order chi connectivity index (χ0) is 21.0. The minimum atomic E-state index is -0.239. The summed E-state index contributed by atoms with van der Waals surface area (Å²) in [4.78, 5) is 0. The zero-order valence-electron chi connectivity index (χ0n) is 17.4. The van der Waals surface area contributed by atoms with E-state index >= 15 is 0 Å². The topological polar surface area (TPSA) is 61.2 Å². The highest BCUT2D eigenvalue weighted by Crippen LogP contribution is 2.28. The molecule has 3 aromatic rings. The van der Waals surface area contributed by atoms with Crippen molar-refractivity contribution in [3.05, 3.63) is 81.9 Å². The molecule has 3 atom stereocenters. The number of hydrogen-bond acceptors (Lipinski definition) is 5. The number of aromatic nitrogens is 3. The van der Waals surface area contributed by atoms with Crippen LogP contribution in [0.25, 0.3) is 0 Å². The molecule has 0 fully saturated rings. The predicted molar refractivity (Wildman–Crippen MR) is 115 cm³/mol. The summed E-state index contributed by atoms with van der Waals surface area (Å²) in [6.07, 6.45) is -0.478. The second-order valence-electron chi connectivity index (χ2n) is 7.03. The van der Waals surface area contributed by atoms with E-state index in [1.165, 1.54) is 5.56 Å². The summed E-state index contributed by atoms with van der Waals surface area (Å²) in [5.41, 5.74) is 6.97. The fourth-order valence-electron chi connectivity index (χ4n) is 3.06. The Bertz CT molecular complexity index is 852. The molecule has 1 N–H and O–H groups in total. The summed E-state index contributed by atoms with van der Waals surface area (Å²) >= 11 is 6.12. The number of aryl methyl sites for hydroxylation is 1. The van der Waals surface area contributed by atoms with E-state index in [0.29, 0.717) is 16.7 Å². The first-order chi connectivity index (χ1) is 13.9. The molecule has 29 heavy (non-hydrogen) atoms. The van der Waals surface area contributed by atoms with E-state index in [1.54, 1.807) is 14.2 Å². The number of rotatable bonds is 8. The second kappa shape index (κ2) is 9.39. The number of methoxy groups -OCH3 is 2. The van der Waals surface area contributed by atoms with Crippen molar-refractivity contribution in [1.29, 1.82) is 0 Å². The average Bonchev–Trinajstić information content (AvgIpc) is 3.16. The Kier molecular flexibility index (Phi) is 6.90. The van der Waals surface area contributed by atoms with E-state index in [0.717, 1.165) is 11.1 Å². The molecule has 0 aliphatic rings. The van der Waals surface area contributed by atoms with Gasteiger partial charge in [-0.3, -0.25) is 0 Å². The molecular formula is C22H27ClN4O2. The standard InChI is InChI=1S/C22H27ClN4O2/c1-14-6-8-17(9-7-14)20(18-10-12-19(23)13-11-18)26-27-21(15(2)28-4)24-25-22(27)16(3)29-5/h6-13,15-16,20,26H,1-5H3/t15-,16-,20-/m0/s1. The molecule has 0 aliphatic heterocycles. The van der Waals surface area contributed by atoms with Gasteiger partial charge >= 0.3 is 0 Å².